The number of benzene rings is 1. The Morgan fingerprint density at radius 3 is 2.53 bits per heavy atom. The molecule has 1 aromatic rings. The first-order valence-electron chi connectivity index (χ1n) is 7.02. The lowest BCUT2D eigenvalue weighted by atomic mass is 9.85. The van der Waals surface area contributed by atoms with Gasteiger partial charge in [0.05, 0.1) is 0 Å². The number of amides is 1. The van der Waals surface area contributed by atoms with Gasteiger partial charge in [0, 0.05) is 12.6 Å². The van der Waals surface area contributed by atoms with E-state index in [0.717, 1.165) is 24.9 Å². The number of carbonyl (C=O) groups excluding carboxylic acids is 1. The third kappa shape index (κ3) is 2.98. The molecule has 104 valence electrons. The second kappa shape index (κ2) is 5.33. The van der Waals surface area contributed by atoms with Crippen molar-refractivity contribution in [1.82, 2.24) is 4.90 Å². The van der Waals surface area contributed by atoms with Crippen LogP contribution in [0.3, 0.4) is 0 Å². The van der Waals surface area contributed by atoms with Crippen molar-refractivity contribution < 1.29 is 4.79 Å². The largest absolute Gasteiger partial charge is 0.338 e. The van der Waals surface area contributed by atoms with Gasteiger partial charge >= 0.3 is 0 Å². The minimum atomic E-state index is -0.538. The molecule has 0 aromatic heterocycles. The number of nitrogens with zero attached hydrogens (tertiary/aromatic N) is 1. The number of hydrogen-bond donors (Lipinski definition) is 1. The normalized spacial score (nSPS) is 21.5. The van der Waals surface area contributed by atoms with E-state index in [4.69, 9.17) is 5.73 Å². The summed E-state index contributed by atoms with van der Waals surface area (Å²) in [5.74, 6) is 0.0589. The zero-order chi connectivity index (χ0) is 14.0. The van der Waals surface area contributed by atoms with Crippen LogP contribution in [0.2, 0.25) is 0 Å². The quantitative estimate of drug-likeness (QED) is 0.888. The average Bonchev–Trinajstić information content (AvgIpc) is 2.87. The highest BCUT2D eigenvalue weighted by molar-refractivity contribution is 5.83. The summed E-state index contributed by atoms with van der Waals surface area (Å²) in [6.07, 6.45) is 2.16. The van der Waals surface area contributed by atoms with E-state index < -0.39 is 6.04 Å². The molecular formula is C16H24N2O. The second-order valence-electron chi connectivity index (χ2n) is 6.44. The van der Waals surface area contributed by atoms with E-state index in [0.29, 0.717) is 6.04 Å². The van der Waals surface area contributed by atoms with Crippen molar-refractivity contribution in [2.24, 2.45) is 11.1 Å². The van der Waals surface area contributed by atoms with E-state index in [2.05, 4.69) is 20.8 Å². The minimum absolute atomic E-state index is 0.0589. The molecule has 2 atom stereocenters. The highest BCUT2D eigenvalue weighted by Crippen LogP contribution is 2.34. The molecule has 3 nitrogen and oxygen atoms in total. The van der Waals surface area contributed by atoms with Gasteiger partial charge in [0.2, 0.25) is 5.91 Å². The summed E-state index contributed by atoms with van der Waals surface area (Å²) in [6.45, 7) is 7.41. The highest BCUT2D eigenvalue weighted by atomic mass is 16.2. The fourth-order valence-corrected chi connectivity index (χ4v) is 2.91. The van der Waals surface area contributed by atoms with Gasteiger partial charge in [-0.1, -0.05) is 51.1 Å². The Hall–Kier alpha value is -1.35. The smallest absolute Gasteiger partial charge is 0.244 e. The highest BCUT2D eigenvalue weighted by Gasteiger charge is 2.38. The lowest BCUT2D eigenvalue weighted by molar-refractivity contribution is -0.135. The van der Waals surface area contributed by atoms with Crippen LogP contribution in [-0.4, -0.2) is 23.4 Å². The fraction of sp³-hybridized carbons (Fsp3) is 0.562. The molecule has 1 fully saturated rings. The molecule has 19 heavy (non-hydrogen) atoms. The van der Waals surface area contributed by atoms with Crippen molar-refractivity contribution in [3.63, 3.8) is 0 Å². The van der Waals surface area contributed by atoms with Crippen molar-refractivity contribution in [1.29, 1.82) is 0 Å². The van der Waals surface area contributed by atoms with Crippen LogP contribution in [0.5, 0.6) is 0 Å². The maximum Gasteiger partial charge on any atom is 0.244 e. The van der Waals surface area contributed by atoms with E-state index in [1.54, 1.807) is 0 Å². The molecule has 0 radical (unpaired) electrons. The number of rotatable bonds is 2. The lowest BCUT2D eigenvalue weighted by Crippen LogP contribution is -2.46. The first kappa shape index (κ1) is 14.1. The van der Waals surface area contributed by atoms with Crippen LogP contribution < -0.4 is 5.73 Å². The molecule has 1 heterocycles. The predicted octanol–water partition coefficient (Wildman–Crippen LogP) is 2.72. The third-order valence-corrected chi connectivity index (χ3v) is 3.96. The molecule has 1 aliphatic rings. The topological polar surface area (TPSA) is 46.3 Å². The summed E-state index contributed by atoms with van der Waals surface area (Å²) < 4.78 is 0. The Bertz CT molecular complexity index is 436. The summed E-state index contributed by atoms with van der Waals surface area (Å²) in [4.78, 5) is 14.6. The molecule has 1 aromatic carbocycles. The average molecular weight is 260 g/mol. The Balaban J connectivity index is 2.15. The Kier molecular flexibility index (Phi) is 3.95. The summed E-state index contributed by atoms with van der Waals surface area (Å²) in [5, 5.41) is 0. The Labute approximate surface area is 115 Å². The zero-order valence-electron chi connectivity index (χ0n) is 12.1. The first-order chi connectivity index (χ1) is 8.91. The molecular weight excluding hydrogens is 236 g/mol. The molecule has 1 aliphatic heterocycles. The molecule has 1 amide bonds. The van der Waals surface area contributed by atoms with Crippen LogP contribution in [0.4, 0.5) is 0 Å². The van der Waals surface area contributed by atoms with Crippen molar-refractivity contribution >= 4 is 5.91 Å². The molecule has 2 rings (SSSR count). The van der Waals surface area contributed by atoms with Crippen LogP contribution in [0, 0.1) is 5.41 Å². The fourth-order valence-electron chi connectivity index (χ4n) is 2.91. The molecule has 0 bridgehead atoms. The van der Waals surface area contributed by atoms with Gasteiger partial charge in [0.25, 0.3) is 0 Å². The molecule has 0 saturated carbocycles. The van der Waals surface area contributed by atoms with Crippen molar-refractivity contribution in [3.8, 4) is 0 Å². The van der Waals surface area contributed by atoms with E-state index in [9.17, 15) is 4.79 Å². The van der Waals surface area contributed by atoms with E-state index in [1.807, 2.05) is 35.2 Å². The summed E-state index contributed by atoms with van der Waals surface area (Å²) in [6, 6.07) is 9.39. The van der Waals surface area contributed by atoms with Crippen LogP contribution in [0.1, 0.15) is 45.2 Å². The first-order valence-corrected chi connectivity index (χ1v) is 7.02. The SMILES string of the molecule is CC(C)(C)C1CCCN1C(=O)C(N)c1ccccc1. The molecule has 2 unspecified atom stereocenters. The van der Waals surface area contributed by atoms with Crippen molar-refractivity contribution in [2.45, 2.75) is 45.7 Å². The number of likely N-dealkylation sites (tertiary alicyclic amines) is 1. The van der Waals surface area contributed by atoms with Gasteiger partial charge in [-0.3, -0.25) is 4.79 Å². The molecule has 3 heteroatoms. The number of carbonyl (C=O) groups is 1. The van der Waals surface area contributed by atoms with Crippen molar-refractivity contribution in [3.05, 3.63) is 35.9 Å². The molecule has 2 N–H and O–H groups in total. The van der Waals surface area contributed by atoms with E-state index >= 15 is 0 Å². The van der Waals surface area contributed by atoms with E-state index in [-0.39, 0.29) is 11.3 Å². The number of nitrogens with two attached hydrogens (primary N) is 1. The van der Waals surface area contributed by atoms with Gasteiger partial charge in [0.1, 0.15) is 6.04 Å². The summed E-state index contributed by atoms with van der Waals surface area (Å²) in [7, 11) is 0. The third-order valence-electron chi connectivity index (χ3n) is 3.96. The van der Waals surface area contributed by atoms with Gasteiger partial charge in [-0.25, -0.2) is 0 Å². The number of hydrogen-bond acceptors (Lipinski definition) is 2. The van der Waals surface area contributed by atoms with Gasteiger partial charge in [-0.05, 0) is 23.8 Å². The van der Waals surface area contributed by atoms with Gasteiger partial charge in [-0.2, -0.15) is 0 Å². The lowest BCUT2D eigenvalue weighted by Gasteiger charge is -2.36. The minimum Gasteiger partial charge on any atom is -0.338 e. The molecule has 1 saturated heterocycles. The van der Waals surface area contributed by atoms with Gasteiger partial charge < -0.3 is 10.6 Å². The maximum absolute atomic E-state index is 12.6. The Morgan fingerprint density at radius 1 is 1.32 bits per heavy atom. The van der Waals surface area contributed by atoms with Crippen LogP contribution in [0.15, 0.2) is 30.3 Å². The summed E-state index contributed by atoms with van der Waals surface area (Å²) in [5.41, 5.74) is 7.14. The molecule has 0 spiro atoms. The standard InChI is InChI=1S/C16H24N2O/c1-16(2,3)13-10-7-11-18(13)15(19)14(17)12-8-5-4-6-9-12/h4-6,8-9,13-14H,7,10-11,17H2,1-3H3. The van der Waals surface area contributed by atoms with Crippen molar-refractivity contribution in [2.75, 3.05) is 6.54 Å². The zero-order valence-corrected chi connectivity index (χ0v) is 12.1. The van der Waals surface area contributed by atoms with E-state index in [1.165, 1.54) is 0 Å². The Morgan fingerprint density at radius 2 is 1.95 bits per heavy atom. The van der Waals surface area contributed by atoms with Crippen LogP contribution in [-0.2, 0) is 4.79 Å². The monoisotopic (exact) mass is 260 g/mol. The van der Waals surface area contributed by atoms with Crippen LogP contribution >= 0.6 is 0 Å². The molecule has 0 aliphatic carbocycles. The van der Waals surface area contributed by atoms with Gasteiger partial charge in [0.15, 0.2) is 0 Å². The van der Waals surface area contributed by atoms with Crippen LogP contribution in [0.25, 0.3) is 0 Å². The summed E-state index contributed by atoms with van der Waals surface area (Å²) >= 11 is 0. The van der Waals surface area contributed by atoms with Gasteiger partial charge in [-0.15, -0.1) is 0 Å². The second-order valence-corrected chi connectivity index (χ2v) is 6.44. The predicted molar refractivity (Wildman–Crippen MR) is 77.6 cm³/mol. The maximum atomic E-state index is 12.6.